The normalized spacial score (nSPS) is 12.9. The number of carbonyl (C=O) groups excluding carboxylic acids is 3. The highest BCUT2D eigenvalue weighted by Crippen LogP contribution is 2.26. The van der Waals surface area contributed by atoms with E-state index in [4.69, 9.17) is 4.74 Å². The molecule has 0 fully saturated rings. The maximum Gasteiger partial charge on any atom is 0.326 e. The number of nitro groups is 1. The van der Waals surface area contributed by atoms with E-state index in [1.807, 2.05) is 0 Å². The van der Waals surface area contributed by atoms with Gasteiger partial charge in [0.2, 0.25) is 0 Å². The summed E-state index contributed by atoms with van der Waals surface area (Å²) in [4.78, 5) is 47.4. The summed E-state index contributed by atoms with van der Waals surface area (Å²) in [6.45, 7) is -0.623. The third kappa shape index (κ3) is 3.47. The summed E-state index contributed by atoms with van der Waals surface area (Å²) < 4.78 is 5.70. The molecule has 0 radical (unpaired) electrons. The van der Waals surface area contributed by atoms with Crippen LogP contribution in [0.2, 0.25) is 0 Å². The summed E-state index contributed by atoms with van der Waals surface area (Å²) >= 11 is 3.23. The van der Waals surface area contributed by atoms with Crippen molar-refractivity contribution in [2.24, 2.45) is 0 Å². The summed E-state index contributed by atoms with van der Waals surface area (Å²) in [7, 11) is 0. The lowest BCUT2D eigenvalue weighted by molar-refractivity contribution is -0.384. The quantitative estimate of drug-likeness (QED) is 0.319. The molecule has 0 N–H and O–H groups in total. The van der Waals surface area contributed by atoms with Gasteiger partial charge in [-0.1, -0.05) is 15.9 Å². The Hall–Kier alpha value is -3.07. The number of benzene rings is 2. The van der Waals surface area contributed by atoms with Crippen LogP contribution in [0.3, 0.4) is 0 Å². The minimum Gasteiger partial charge on any atom is -0.459 e. The van der Waals surface area contributed by atoms with Crippen molar-refractivity contribution in [2.45, 2.75) is 6.61 Å². The Balaban J connectivity index is 1.61. The average molecular weight is 419 g/mol. The molecule has 2 amide bonds. The number of imide groups is 1. The molecule has 0 saturated carbocycles. The van der Waals surface area contributed by atoms with Crippen LogP contribution in [0.5, 0.6) is 0 Å². The lowest BCUT2D eigenvalue weighted by Gasteiger charge is -2.13. The zero-order valence-electron chi connectivity index (χ0n) is 13.2. The van der Waals surface area contributed by atoms with E-state index in [1.54, 1.807) is 6.07 Å². The first-order valence-electron chi connectivity index (χ1n) is 7.41. The van der Waals surface area contributed by atoms with Gasteiger partial charge in [-0.15, -0.1) is 0 Å². The maximum atomic E-state index is 12.3. The molecule has 132 valence electrons. The first-order valence-corrected chi connectivity index (χ1v) is 8.21. The monoisotopic (exact) mass is 418 g/mol. The van der Waals surface area contributed by atoms with Crippen molar-refractivity contribution >= 4 is 39.4 Å². The number of fused-ring (bicyclic) bond motifs is 1. The smallest absolute Gasteiger partial charge is 0.326 e. The topological polar surface area (TPSA) is 107 Å². The van der Waals surface area contributed by atoms with E-state index in [-0.39, 0.29) is 23.4 Å². The van der Waals surface area contributed by atoms with Crippen LogP contribution in [0, 0.1) is 10.1 Å². The number of nitrogens with zero attached hydrogens (tertiary/aromatic N) is 2. The maximum absolute atomic E-state index is 12.3. The number of hydrogen-bond acceptors (Lipinski definition) is 6. The molecule has 0 aromatic heterocycles. The zero-order chi connectivity index (χ0) is 18.8. The van der Waals surface area contributed by atoms with Gasteiger partial charge in [-0.25, -0.2) is 0 Å². The molecule has 0 spiro atoms. The van der Waals surface area contributed by atoms with Gasteiger partial charge in [0.15, 0.2) is 0 Å². The third-order valence-electron chi connectivity index (χ3n) is 3.77. The Labute approximate surface area is 155 Å². The van der Waals surface area contributed by atoms with E-state index in [0.29, 0.717) is 10.0 Å². The SMILES string of the molecule is O=C(CN1C(=O)c2ccc(Br)cc2C1=O)OCc1ccc([N+](=O)[O-])cc1. The van der Waals surface area contributed by atoms with E-state index >= 15 is 0 Å². The Morgan fingerprint density at radius 3 is 2.38 bits per heavy atom. The van der Waals surface area contributed by atoms with Crippen molar-refractivity contribution in [1.29, 1.82) is 0 Å². The van der Waals surface area contributed by atoms with E-state index in [1.165, 1.54) is 36.4 Å². The van der Waals surface area contributed by atoms with Gasteiger partial charge in [-0.05, 0) is 35.9 Å². The van der Waals surface area contributed by atoms with Crippen molar-refractivity contribution in [3.63, 3.8) is 0 Å². The molecule has 9 heteroatoms. The van der Waals surface area contributed by atoms with Gasteiger partial charge < -0.3 is 4.74 Å². The predicted octanol–water partition coefficient (Wildman–Crippen LogP) is 2.70. The molecule has 2 aromatic carbocycles. The second-order valence-electron chi connectivity index (χ2n) is 5.47. The standard InChI is InChI=1S/C17H11BrN2O6/c18-11-3-6-13-14(7-11)17(23)19(16(13)22)8-15(21)26-9-10-1-4-12(5-2-10)20(24)25/h1-7H,8-9H2. The molecule has 8 nitrogen and oxygen atoms in total. The van der Waals surface area contributed by atoms with Gasteiger partial charge in [-0.2, -0.15) is 0 Å². The molecule has 0 atom stereocenters. The number of hydrogen-bond donors (Lipinski definition) is 0. The molecule has 0 aliphatic carbocycles. The van der Waals surface area contributed by atoms with Crippen LogP contribution in [-0.4, -0.2) is 34.2 Å². The van der Waals surface area contributed by atoms with E-state index in [0.717, 1.165) is 4.90 Å². The van der Waals surface area contributed by atoms with Crippen molar-refractivity contribution in [3.05, 3.63) is 73.7 Å². The van der Waals surface area contributed by atoms with Crippen LogP contribution in [-0.2, 0) is 16.1 Å². The van der Waals surface area contributed by atoms with Gasteiger partial charge >= 0.3 is 5.97 Å². The third-order valence-corrected chi connectivity index (χ3v) is 4.26. The fourth-order valence-electron chi connectivity index (χ4n) is 2.46. The fraction of sp³-hybridized carbons (Fsp3) is 0.118. The van der Waals surface area contributed by atoms with Crippen LogP contribution in [0.1, 0.15) is 26.3 Å². The molecule has 3 rings (SSSR count). The summed E-state index contributed by atoms with van der Waals surface area (Å²) in [6, 6.07) is 10.2. The van der Waals surface area contributed by atoms with E-state index < -0.39 is 29.3 Å². The molecule has 1 aliphatic rings. The highest BCUT2D eigenvalue weighted by atomic mass is 79.9. The van der Waals surface area contributed by atoms with Gasteiger partial charge in [0.25, 0.3) is 17.5 Å². The summed E-state index contributed by atoms with van der Waals surface area (Å²) in [5, 5.41) is 10.6. The summed E-state index contributed by atoms with van der Waals surface area (Å²) in [5.74, 6) is -1.86. The molecule has 2 aromatic rings. The largest absolute Gasteiger partial charge is 0.459 e. The van der Waals surface area contributed by atoms with Crippen LogP contribution < -0.4 is 0 Å². The Morgan fingerprint density at radius 1 is 1.08 bits per heavy atom. The number of halogens is 1. The second kappa shape index (κ2) is 7.04. The Bertz CT molecular complexity index is 925. The molecule has 1 aliphatic heterocycles. The number of ether oxygens (including phenoxy) is 1. The molecular formula is C17H11BrN2O6. The van der Waals surface area contributed by atoms with Gasteiger partial charge in [0.05, 0.1) is 16.1 Å². The number of esters is 1. The van der Waals surface area contributed by atoms with Crippen molar-refractivity contribution in [1.82, 2.24) is 4.90 Å². The fourth-order valence-corrected chi connectivity index (χ4v) is 2.82. The molecule has 0 saturated heterocycles. The molecular weight excluding hydrogens is 408 g/mol. The van der Waals surface area contributed by atoms with Crippen LogP contribution in [0.15, 0.2) is 46.9 Å². The lowest BCUT2D eigenvalue weighted by Crippen LogP contribution is -2.35. The van der Waals surface area contributed by atoms with Crippen LogP contribution in [0.4, 0.5) is 5.69 Å². The highest BCUT2D eigenvalue weighted by Gasteiger charge is 2.37. The van der Waals surface area contributed by atoms with Crippen molar-refractivity contribution < 1.29 is 24.0 Å². The van der Waals surface area contributed by atoms with E-state index in [9.17, 15) is 24.5 Å². The van der Waals surface area contributed by atoms with Crippen LogP contribution >= 0.6 is 15.9 Å². The summed E-state index contributed by atoms with van der Waals surface area (Å²) in [6.07, 6.45) is 0. The second-order valence-corrected chi connectivity index (χ2v) is 6.39. The minimum atomic E-state index is -0.753. The first-order chi connectivity index (χ1) is 12.4. The first kappa shape index (κ1) is 17.7. The Kier molecular flexibility index (Phi) is 4.81. The minimum absolute atomic E-state index is 0.0720. The number of rotatable bonds is 5. The van der Waals surface area contributed by atoms with Gasteiger partial charge in [-0.3, -0.25) is 29.4 Å². The molecule has 26 heavy (non-hydrogen) atoms. The van der Waals surface area contributed by atoms with Crippen molar-refractivity contribution in [2.75, 3.05) is 6.54 Å². The lowest BCUT2D eigenvalue weighted by atomic mass is 10.1. The number of nitro benzene ring substituents is 1. The van der Waals surface area contributed by atoms with Crippen LogP contribution in [0.25, 0.3) is 0 Å². The van der Waals surface area contributed by atoms with Crippen molar-refractivity contribution in [3.8, 4) is 0 Å². The number of non-ortho nitro benzene ring substituents is 1. The average Bonchev–Trinajstić information content (AvgIpc) is 2.84. The van der Waals surface area contributed by atoms with Gasteiger partial charge in [0.1, 0.15) is 13.2 Å². The molecule has 0 unspecified atom stereocenters. The summed E-state index contributed by atoms with van der Waals surface area (Å²) in [5.41, 5.74) is 0.946. The zero-order valence-corrected chi connectivity index (χ0v) is 14.8. The number of carbonyl (C=O) groups is 3. The highest BCUT2D eigenvalue weighted by molar-refractivity contribution is 9.10. The number of amides is 2. The van der Waals surface area contributed by atoms with E-state index in [2.05, 4.69) is 15.9 Å². The van der Waals surface area contributed by atoms with Gasteiger partial charge in [0, 0.05) is 16.6 Å². The predicted molar refractivity (Wildman–Crippen MR) is 92.4 cm³/mol. The Morgan fingerprint density at radius 2 is 1.73 bits per heavy atom. The molecule has 0 bridgehead atoms. The molecule has 1 heterocycles.